The van der Waals surface area contributed by atoms with Gasteiger partial charge in [-0.3, -0.25) is 0 Å². The lowest BCUT2D eigenvalue weighted by Crippen LogP contribution is -1.86. The Balaban J connectivity index is 5.92. The molecule has 0 aromatic carbocycles. The van der Waals surface area contributed by atoms with Crippen LogP contribution in [0, 0.1) is 0 Å². The smallest absolute Gasteiger partial charge is 0.0141 e. The van der Waals surface area contributed by atoms with Crippen LogP contribution in [0.25, 0.3) is 0 Å². The van der Waals surface area contributed by atoms with Crippen molar-refractivity contribution in [2.24, 2.45) is 0 Å². The van der Waals surface area contributed by atoms with E-state index in [1.807, 2.05) is 31.2 Å². The Morgan fingerprint density at radius 3 is 2.00 bits per heavy atom. The van der Waals surface area contributed by atoms with E-state index in [0.29, 0.717) is 0 Å². The molecule has 19 heavy (non-hydrogen) atoms. The zero-order valence-electron chi connectivity index (χ0n) is 12.4. The molecule has 0 amide bonds. The summed E-state index contributed by atoms with van der Waals surface area (Å²) >= 11 is 0. The van der Waals surface area contributed by atoms with Gasteiger partial charge in [0, 0.05) is 0 Å². The van der Waals surface area contributed by atoms with Gasteiger partial charge in [0.05, 0.1) is 0 Å². The molecule has 0 aromatic heterocycles. The molecule has 0 heterocycles. The molecule has 0 nitrogen and oxygen atoms in total. The number of hydrogen-bond acceptors (Lipinski definition) is 0. The van der Waals surface area contributed by atoms with Gasteiger partial charge in [0.15, 0.2) is 0 Å². The van der Waals surface area contributed by atoms with Crippen LogP contribution in [-0.4, -0.2) is 0 Å². The summed E-state index contributed by atoms with van der Waals surface area (Å²) in [6.45, 7) is 18.0. The second kappa shape index (κ2) is 10.5. The average Bonchev–Trinajstić information content (AvgIpc) is 2.43. The van der Waals surface area contributed by atoms with Crippen molar-refractivity contribution < 1.29 is 0 Å². The first-order chi connectivity index (χ1) is 9.19. The SMILES string of the molecule is C=C/C=C(\C=C)P(/C(C=C)=C/CC)C(/C=C\C)=C/C. The first-order valence-electron chi connectivity index (χ1n) is 6.56. The van der Waals surface area contributed by atoms with Crippen molar-refractivity contribution in [3.05, 3.63) is 84.3 Å². The van der Waals surface area contributed by atoms with Crippen LogP contribution >= 0.6 is 7.92 Å². The van der Waals surface area contributed by atoms with E-state index in [2.05, 4.69) is 57.9 Å². The van der Waals surface area contributed by atoms with Crippen LogP contribution in [0.5, 0.6) is 0 Å². The van der Waals surface area contributed by atoms with E-state index in [0.717, 1.165) is 6.42 Å². The molecule has 1 atom stereocenters. The minimum absolute atomic E-state index is 0.580. The maximum absolute atomic E-state index is 3.96. The van der Waals surface area contributed by atoms with Crippen molar-refractivity contribution in [3.8, 4) is 0 Å². The Bertz CT molecular complexity index is 429. The van der Waals surface area contributed by atoms with E-state index in [1.54, 1.807) is 0 Å². The summed E-state index contributed by atoms with van der Waals surface area (Å²) in [7, 11) is -0.580. The molecular weight excluding hydrogens is 247 g/mol. The Morgan fingerprint density at radius 2 is 1.63 bits per heavy atom. The second-order valence-corrected chi connectivity index (χ2v) is 6.04. The van der Waals surface area contributed by atoms with E-state index in [4.69, 9.17) is 0 Å². The van der Waals surface area contributed by atoms with Crippen LogP contribution in [0.1, 0.15) is 27.2 Å². The summed E-state index contributed by atoms with van der Waals surface area (Å²) < 4.78 is 0. The Morgan fingerprint density at radius 1 is 1.00 bits per heavy atom. The molecule has 0 aliphatic rings. The molecule has 0 rings (SSSR count). The van der Waals surface area contributed by atoms with Gasteiger partial charge in [-0.2, -0.15) is 0 Å². The van der Waals surface area contributed by atoms with Crippen molar-refractivity contribution >= 4 is 7.92 Å². The third-order valence-corrected chi connectivity index (χ3v) is 5.18. The third-order valence-electron chi connectivity index (χ3n) is 2.53. The molecule has 1 heteroatoms. The first kappa shape index (κ1) is 17.6. The molecule has 0 fully saturated rings. The predicted octanol–water partition coefficient (Wildman–Crippen LogP) is 6.68. The summed E-state index contributed by atoms with van der Waals surface area (Å²) in [5.74, 6) is 0. The number of allylic oxidation sites excluding steroid dienone is 11. The molecule has 0 aliphatic carbocycles. The van der Waals surface area contributed by atoms with E-state index >= 15 is 0 Å². The quantitative estimate of drug-likeness (QED) is 0.341. The molecule has 102 valence electrons. The molecule has 0 saturated carbocycles. The highest BCUT2D eigenvalue weighted by atomic mass is 31.1. The van der Waals surface area contributed by atoms with E-state index in [1.165, 1.54) is 15.9 Å². The average molecular weight is 272 g/mol. The standard InChI is InChI=1S/C18H25P/c1-7-13-16(10-4)19(17(11-5)14-8-2)18(12-6)15-9-3/h7,9-15H,1,4-5,8H2,2-3,6H3/b15-9-,16-13+,17-14+,18-12+. The predicted molar refractivity (Wildman–Crippen MR) is 92.5 cm³/mol. The Hall–Kier alpha value is -1.39. The molecule has 0 radical (unpaired) electrons. The fourth-order valence-electron chi connectivity index (χ4n) is 1.75. The summed E-state index contributed by atoms with van der Waals surface area (Å²) in [5.41, 5.74) is 0. The van der Waals surface area contributed by atoms with Crippen molar-refractivity contribution in [2.75, 3.05) is 0 Å². The highest BCUT2D eigenvalue weighted by Crippen LogP contribution is 2.60. The molecular formula is C18H25P. The lowest BCUT2D eigenvalue weighted by molar-refractivity contribution is 1.22. The number of hydrogen-bond donors (Lipinski definition) is 0. The van der Waals surface area contributed by atoms with Gasteiger partial charge >= 0.3 is 0 Å². The van der Waals surface area contributed by atoms with E-state index < -0.39 is 7.92 Å². The van der Waals surface area contributed by atoms with Crippen LogP contribution in [0.4, 0.5) is 0 Å². The highest BCUT2D eigenvalue weighted by Gasteiger charge is 2.17. The Labute approximate surface area is 120 Å². The van der Waals surface area contributed by atoms with Gasteiger partial charge in [-0.25, -0.2) is 0 Å². The second-order valence-electron chi connectivity index (χ2n) is 3.82. The van der Waals surface area contributed by atoms with E-state index in [9.17, 15) is 0 Å². The molecule has 0 bridgehead atoms. The highest BCUT2D eigenvalue weighted by molar-refractivity contribution is 7.71. The van der Waals surface area contributed by atoms with Crippen molar-refractivity contribution in [1.29, 1.82) is 0 Å². The molecule has 0 saturated heterocycles. The van der Waals surface area contributed by atoms with E-state index in [-0.39, 0.29) is 0 Å². The molecule has 0 aliphatic heterocycles. The van der Waals surface area contributed by atoms with Crippen LogP contribution in [-0.2, 0) is 0 Å². The fraction of sp³-hybridized carbons (Fsp3) is 0.222. The molecule has 0 spiro atoms. The van der Waals surface area contributed by atoms with Gasteiger partial charge in [-0.15, -0.1) is 0 Å². The molecule has 0 N–H and O–H groups in total. The van der Waals surface area contributed by atoms with Crippen molar-refractivity contribution in [2.45, 2.75) is 27.2 Å². The summed E-state index contributed by atoms with van der Waals surface area (Å²) in [5, 5.41) is 3.79. The lowest BCUT2D eigenvalue weighted by Gasteiger charge is -2.21. The van der Waals surface area contributed by atoms with Crippen molar-refractivity contribution in [3.63, 3.8) is 0 Å². The van der Waals surface area contributed by atoms with Gasteiger partial charge in [0.2, 0.25) is 0 Å². The van der Waals surface area contributed by atoms with Gasteiger partial charge < -0.3 is 0 Å². The third kappa shape index (κ3) is 5.41. The summed E-state index contributed by atoms with van der Waals surface area (Å²) in [4.78, 5) is 0. The minimum Gasteiger partial charge on any atom is -0.0990 e. The maximum atomic E-state index is 3.96. The zero-order valence-corrected chi connectivity index (χ0v) is 13.3. The van der Waals surface area contributed by atoms with Gasteiger partial charge in [0.1, 0.15) is 0 Å². The maximum Gasteiger partial charge on any atom is -0.0141 e. The van der Waals surface area contributed by atoms with Gasteiger partial charge in [-0.05, 0) is 44.1 Å². The summed E-state index contributed by atoms with van der Waals surface area (Å²) in [6, 6.07) is 0. The normalized spacial score (nSPS) is 15.4. The van der Waals surface area contributed by atoms with Crippen molar-refractivity contribution in [1.82, 2.24) is 0 Å². The van der Waals surface area contributed by atoms with Gasteiger partial charge in [0.25, 0.3) is 0 Å². The summed E-state index contributed by atoms with van der Waals surface area (Å²) in [6.07, 6.45) is 17.4. The van der Waals surface area contributed by atoms with Crippen LogP contribution < -0.4 is 0 Å². The van der Waals surface area contributed by atoms with Crippen LogP contribution in [0.15, 0.2) is 84.3 Å². The lowest BCUT2D eigenvalue weighted by atomic mass is 10.4. The minimum atomic E-state index is -0.580. The zero-order chi connectivity index (χ0) is 14.7. The monoisotopic (exact) mass is 272 g/mol. The Kier molecular flexibility index (Phi) is 9.75. The molecule has 1 unspecified atom stereocenters. The van der Waals surface area contributed by atoms with Crippen LogP contribution in [0.3, 0.4) is 0 Å². The first-order valence-corrected chi connectivity index (χ1v) is 7.91. The number of rotatable bonds is 8. The molecule has 0 aromatic rings. The fourth-order valence-corrected chi connectivity index (χ4v) is 4.18. The largest absolute Gasteiger partial charge is 0.0990 e. The van der Waals surface area contributed by atoms with Crippen LogP contribution in [0.2, 0.25) is 0 Å². The topological polar surface area (TPSA) is 0 Å². The van der Waals surface area contributed by atoms with Gasteiger partial charge in [-0.1, -0.05) is 75.3 Å².